The number of nitrogens with one attached hydrogen (secondary N) is 3. The number of carbonyl (C=O) groups excluding carboxylic acids is 2. The van der Waals surface area contributed by atoms with Gasteiger partial charge in [0.1, 0.15) is 5.82 Å². The Kier molecular flexibility index (Phi) is 8.45. The van der Waals surface area contributed by atoms with Gasteiger partial charge in [0, 0.05) is 0 Å². The predicted molar refractivity (Wildman–Crippen MR) is 143 cm³/mol. The standard InChI is InChI=1S/C27H27ClN4O2S/c1-35-16-15-23(26-30-21-13-7-8-14-22(21)31-26)29-25(33)17-24(18-9-3-2-4-10-18)32-27(34)19-11-5-6-12-20(19)28/h2-14,23-24H,15-17H2,1H3,(H,29,33)(H,30,31)(H,32,34)/t23-,24?/m0/s1. The largest absolute Gasteiger partial charge is 0.346 e. The molecule has 0 bridgehead atoms. The second-order valence-corrected chi connectivity index (χ2v) is 9.55. The number of nitrogens with zero attached hydrogens (tertiary/aromatic N) is 1. The van der Waals surface area contributed by atoms with Crippen molar-refractivity contribution < 1.29 is 9.59 Å². The van der Waals surface area contributed by atoms with Crippen LogP contribution in [0.4, 0.5) is 0 Å². The van der Waals surface area contributed by atoms with Crippen LogP contribution in [0.3, 0.4) is 0 Å². The van der Waals surface area contributed by atoms with Crippen molar-refractivity contribution in [1.29, 1.82) is 0 Å². The predicted octanol–water partition coefficient (Wildman–Crippen LogP) is 5.69. The Hall–Kier alpha value is -3.29. The molecule has 4 aromatic rings. The minimum atomic E-state index is -0.517. The zero-order valence-electron chi connectivity index (χ0n) is 19.3. The van der Waals surface area contributed by atoms with Gasteiger partial charge in [-0.05, 0) is 48.3 Å². The van der Waals surface area contributed by atoms with Crippen molar-refractivity contribution >= 4 is 46.2 Å². The molecule has 6 nitrogen and oxygen atoms in total. The minimum Gasteiger partial charge on any atom is -0.346 e. The highest BCUT2D eigenvalue weighted by atomic mass is 35.5. The number of benzene rings is 3. The van der Waals surface area contributed by atoms with Crippen LogP contribution in [-0.2, 0) is 4.79 Å². The van der Waals surface area contributed by atoms with Crippen LogP contribution in [0.1, 0.15) is 46.7 Å². The zero-order valence-corrected chi connectivity index (χ0v) is 20.9. The van der Waals surface area contributed by atoms with Crippen LogP contribution >= 0.6 is 23.4 Å². The van der Waals surface area contributed by atoms with Gasteiger partial charge < -0.3 is 15.6 Å². The quantitative estimate of drug-likeness (QED) is 0.258. The number of carbonyl (C=O) groups is 2. The monoisotopic (exact) mass is 506 g/mol. The molecule has 1 heterocycles. The average molecular weight is 507 g/mol. The SMILES string of the molecule is CSCC[C@H](NC(=O)CC(NC(=O)c1ccccc1Cl)c1ccccc1)c1nc2ccccc2[nH]1. The van der Waals surface area contributed by atoms with E-state index in [9.17, 15) is 9.59 Å². The molecule has 1 unspecified atom stereocenters. The number of hydrogen-bond acceptors (Lipinski definition) is 4. The fourth-order valence-corrected chi connectivity index (χ4v) is 4.60. The van der Waals surface area contributed by atoms with Crippen LogP contribution in [0.5, 0.6) is 0 Å². The Balaban J connectivity index is 1.52. The number of thioether (sulfide) groups is 1. The third kappa shape index (κ3) is 6.44. The van der Waals surface area contributed by atoms with Gasteiger partial charge in [0.15, 0.2) is 0 Å². The summed E-state index contributed by atoms with van der Waals surface area (Å²) < 4.78 is 0. The van der Waals surface area contributed by atoms with Crippen LogP contribution in [0.15, 0.2) is 78.9 Å². The molecule has 4 rings (SSSR count). The van der Waals surface area contributed by atoms with E-state index in [2.05, 4.69) is 15.6 Å². The number of fused-ring (bicyclic) bond motifs is 1. The maximum absolute atomic E-state index is 13.2. The number of aromatic nitrogens is 2. The van der Waals surface area contributed by atoms with Crippen molar-refractivity contribution in [3.05, 3.63) is 101 Å². The Morgan fingerprint density at radius 1 is 0.943 bits per heavy atom. The van der Waals surface area contributed by atoms with Gasteiger partial charge in [-0.1, -0.05) is 66.2 Å². The van der Waals surface area contributed by atoms with E-state index < -0.39 is 6.04 Å². The van der Waals surface area contributed by atoms with E-state index >= 15 is 0 Å². The molecule has 3 N–H and O–H groups in total. The first-order valence-corrected chi connectivity index (χ1v) is 13.2. The Labute approximate surface area is 213 Å². The number of amides is 2. The maximum Gasteiger partial charge on any atom is 0.253 e. The van der Waals surface area contributed by atoms with Crippen LogP contribution in [0, 0.1) is 0 Å². The number of imidazole rings is 1. The molecule has 0 aliphatic carbocycles. The average Bonchev–Trinajstić information content (AvgIpc) is 3.31. The first-order valence-electron chi connectivity index (χ1n) is 11.4. The van der Waals surface area contributed by atoms with Crippen molar-refractivity contribution in [2.24, 2.45) is 0 Å². The molecule has 180 valence electrons. The summed E-state index contributed by atoms with van der Waals surface area (Å²) in [5, 5.41) is 6.48. The molecule has 2 amide bonds. The van der Waals surface area contributed by atoms with E-state index in [-0.39, 0.29) is 24.3 Å². The third-order valence-corrected chi connectivity index (χ3v) is 6.67. The number of H-pyrrole nitrogens is 1. The summed E-state index contributed by atoms with van der Waals surface area (Å²) in [5.41, 5.74) is 3.00. The summed E-state index contributed by atoms with van der Waals surface area (Å²) in [6.07, 6.45) is 2.85. The van der Waals surface area contributed by atoms with Crippen LogP contribution in [0.25, 0.3) is 11.0 Å². The molecule has 0 spiro atoms. The lowest BCUT2D eigenvalue weighted by Gasteiger charge is -2.22. The Bertz CT molecular complexity index is 1260. The van der Waals surface area contributed by atoms with Crippen molar-refractivity contribution in [3.8, 4) is 0 Å². The van der Waals surface area contributed by atoms with Gasteiger partial charge in [-0.25, -0.2) is 4.98 Å². The highest BCUT2D eigenvalue weighted by molar-refractivity contribution is 7.98. The molecule has 0 radical (unpaired) electrons. The van der Waals surface area contributed by atoms with Gasteiger partial charge in [-0.3, -0.25) is 9.59 Å². The van der Waals surface area contributed by atoms with Crippen LogP contribution in [-0.4, -0.2) is 33.8 Å². The highest BCUT2D eigenvalue weighted by Gasteiger charge is 2.23. The first kappa shape index (κ1) is 24.8. The Morgan fingerprint density at radius 3 is 2.40 bits per heavy atom. The molecule has 0 aliphatic heterocycles. The molecule has 2 atom stereocenters. The molecule has 1 aromatic heterocycles. The fourth-order valence-electron chi connectivity index (χ4n) is 3.91. The van der Waals surface area contributed by atoms with E-state index in [4.69, 9.17) is 16.6 Å². The molecule has 0 saturated carbocycles. The maximum atomic E-state index is 13.2. The molecule has 0 aliphatic rings. The molecule has 0 fully saturated rings. The summed E-state index contributed by atoms with van der Waals surface area (Å²) in [5.74, 6) is 1.09. The Morgan fingerprint density at radius 2 is 1.66 bits per heavy atom. The molecule has 8 heteroatoms. The summed E-state index contributed by atoms with van der Waals surface area (Å²) in [7, 11) is 0. The summed E-state index contributed by atoms with van der Waals surface area (Å²) >= 11 is 7.93. The lowest BCUT2D eigenvalue weighted by Crippen LogP contribution is -2.36. The van der Waals surface area contributed by atoms with Crippen molar-refractivity contribution in [2.75, 3.05) is 12.0 Å². The van der Waals surface area contributed by atoms with Crippen LogP contribution in [0.2, 0.25) is 5.02 Å². The lowest BCUT2D eigenvalue weighted by atomic mass is 10.0. The van der Waals surface area contributed by atoms with E-state index in [1.54, 1.807) is 36.0 Å². The normalized spacial score (nSPS) is 12.7. The van der Waals surface area contributed by atoms with Gasteiger partial charge in [0.05, 0.1) is 40.1 Å². The number of para-hydroxylation sites is 2. The van der Waals surface area contributed by atoms with E-state index in [0.29, 0.717) is 10.6 Å². The molecular formula is C27H27ClN4O2S. The summed E-state index contributed by atoms with van der Waals surface area (Å²) in [4.78, 5) is 34.2. The number of aromatic amines is 1. The number of halogens is 1. The van der Waals surface area contributed by atoms with Gasteiger partial charge in [-0.2, -0.15) is 11.8 Å². The lowest BCUT2D eigenvalue weighted by molar-refractivity contribution is -0.122. The van der Waals surface area contributed by atoms with Crippen LogP contribution < -0.4 is 10.6 Å². The topological polar surface area (TPSA) is 86.9 Å². The van der Waals surface area contributed by atoms with E-state index in [1.807, 2.05) is 60.9 Å². The summed E-state index contributed by atoms with van der Waals surface area (Å²) in [6, 6.07) is 23.4. The zero-order chi connectivity index (χ0) is 24.6. The third-order valence-electron chi connectivity index (χ3n) is 5.70. The fraction of sp³-hybridized carbons (Fsp3) is 0.222. The summed E-state index contributed by atoms with van der Waals surface area (Å²) in [6.45, 7) is 0. The van der Waals surface area contributed by atoms with Crippen molar-refractivity contribution in [1.82, 2.24) is 20.6 Å². The minimum absolute atomic E-state index is 0.0796. The van der Waals surface area contributed by atoms with E-state index in [0.717, 1.165) is 34.6 Å². The number of rotatable bonds is 10. The second kappa shape index (κ2) is 11.9. The molecule has 3 aromatic carbocycles. The smallest absolute Gasteiger partial charge is 0.253 e. The van der Waals surface area contributed by atoms with E-state index in [1.165, 1.54) is 0 Å². The van der Waals surface area contributed by atoms with Crippen molar-refractivity contribution in [3.63, 3.8) is 0 Å². The molecular weight excluding hydrogens is 480 g/mol. The molecule has 0 saturated heterocycles. The highest BCUT2D eigenvalue weighted by Crippen LogP contribution is 2.23. The first-order chi connectivity index (χ1) is 17.0. The second-order valence-electron chi connectivity index (χ2n) is 8.16. The number of hydrogen-bond donors (Lipinski definition) is 3. The van der Waals surface area contributed by atoms with Gasteiger partial charge >= 0.3 is 0 Å². The van der Waals surface area contributed by atoms with Gasteiger partial charge in [0.25, 0.3) is 5.91 Å². The van der Waals surface area contributed by atoms with Crippen molar-refractivity contribution in [2.45, 2.75) is 24.9 Å². The van der Waals surface area contributed by atoms with Gasteiger partial charge in [0.2, 0.25) is 5.91 Å². The molecule has 35 heavy (non-hydrogen) atoms. The van der Waals surface area contributed by atoms with Gasteiger partial charge in [-0.15, -0.1) is 0 Å².